The van der Waals surface area contributed by atoms with Crippen LogP contribution in [0.5, 0.6) is 0 Å². The molecule has 1 aromatic carbocycles. The van der Waals surface area contributed by atoms with E-state index >= 15 is 0 Å². The summed E-state index contributed by atoms with van der Waals surface area (Å²) >= 11 is 3.55. The maximum absolute atomic E-state index is 5.17. The zero-order valence-electron chi connectivity index (χ0n) is 8.22. The highest BCUT2D eigenvalue weighted by Gasteiger charge is 2.19. The van der Waals surface area contributed by atoms with Gasteiger partial charge in [0.05, 0.1) is 12.3 Å². The lowest BCUT2D eigenvalue weighted by molar-refractivity contribution is 0.156. The van der Waals surface area contributed by atoms with E-state index in [9.17, 15) is 0 Å². The van der Waals surface area contributed by atoms with E-state index in [2.05, 4.69) is 39.4 Å². The van der Waals surface area contributed by atoms with Crippen LogP contribution < -0.4 is 5.32 Å². The first-order chi connectivity index (χ1) is 6.81. The molecule has 1 aliphatic rings. The minimum Gasteiger partial charge on any atom is -0.384 e. The molecule has 1 heterocycles. The highest BCUT2D eigenvalue weighted by molar-refractivity contribution is 9.10. The molecule has 3 heteroatoms. The summed E-state index contributed by atoms with van der Waals surface area (Å²) in [5.41, 5.74) is 2.63. The van der Waals surface area contributed by atoms with Gasteiger partial charge >= 0.3 is 0 Å². The van der Waals surface area contributed by atoms with Gasteiger partial charge in [-0.15, -0.1) is 0 Å². The summed E-state index contributed by atoms with van der Waals surface area (Å²) in [6.45, 7) is 1.84. The molecular formula is C11H14BrNO. The first-order valence-corrected chi connectivity index (χ1v) is 5.60. The normalized spacial score (nSPS) is 20.0. The third-order valence-corrected chi connectivity index (χ3v) is 3.24. The number of anilines is 1. The van der Waals surface area contributed by atoms with Crippen LogP contribution in [0.4, 0.5) is 5.69 Å². The van der Waals surface area contributed by atoms with E-state index in [1.54, 1.807) is 7.11 Å². The summed E-state index contributed by atoms with van der Waals surface area (Å²) in [6.07, 6.45) is 1.11. The molecule has 0 amide bonds. The van der Waals surface area contributed by atoms with Crippen LogP contribution in [0.1, 0.15) is 5.56 Å². The van der Waals surface area contributed by atoms with Gasteiger partial charge in [-0.05, 0) is 34.0 Å². The summed E-state index contributed by atoms with van der Waals surface area (Å²) in [4.78, 5) is 0. The van der Waals surface area contributed by atoms with E-state index in [1.165, 1.54) is 11.3 Å². The molecule has 0 aromatic heterocycles. The van der Waals surface area contributed by atoms with Gasteiger partial charge in [0.2, 0.25) is 0 Å². The van der Waals surface area contributed by atoms with Crippen molar-refractivity contribution in [3.63, 3.8) is 0 Å². The molecule has 14 heavy (non-hydrogen) atoms. The van der Waals surface area contributed by atoms with E-state index in [4.69, 9.17) is 4.74 Å². The van der Waals surface area contributed by atoms with E-state index in [0.29, 0.717) is 5.92 Å². The van der Waals surface area contributed by atoms with Crippen molar-refractivity contribution >= 4 is 21.6 Å². The molecule has 0 saturated carbocycles. The van der Waals surface area contributed by atoms with Gasteiger partial charge in [0.1, 0.15) is 0 Å². The summed E-state index contributed by atoms with van der Waals surface area (Å²) in [5, 5.41) is 3.44. The van der Waals surface area contributed by atoms with Gasteiger partial charge in [-0.2, -0.15) is 0 Å². The Hall–Kier alpha value is -0.540. The number of methoxy groups -OCH3 is 1. The molecule has 1 aliphatic heterocycles. The average molecular weight is 256 g/mol. The number of benzene rings is 1. The van der Waals surface area contributed by atoms with Crippen molar-refractivity contribution in [3.05, 3.63) is 28.2 Å². The third-order valence-electron chi connectivity index (χ3n) is 2.58. The first-order valence-electron chi connectivity index (χ1n) is 4.81. The molecule has 2 nitrogen and oxygen atoms in total. The Morgan fingerprint density at radius 2 is 2.43 bits per heavy atom. The van der Waals surface area contributed by atoms with Gasteiger partial charge in [-0.25, -0.2) is 0 Å². The van der Waals surface area contributed by atoms with Crippen LogP contribution in [-0.2, 0) is 11.2 Å². The number of hydrogen-bond acceptors (Lipinski definition) is 2. The van der Waals surface area contributed by atoms with Crippen LogP contribution in [0, 0.1) is 5.92 Å². The van der Waals surface area contributed by atoms with Crippen LogP contribution in [0.25, 0.3) is 0 Å². The zero-order chi connectivity index (χ0) is 9.97. The summed E-state index contributed by atoms with van der Waals surface area (Å²) in [6, 6.07) is 6.33. The van der Waals surface area contributed by atoms with Gasteiger partial charge in [-0.3, -0.25) is 0 Å². The Labute approximate surface area is 92.8 Å². The molecule has 1 atom stereocenters. The van der Waals surface area contributed by atoms with Gasteiger partial charge in [0.25, 0.3) is 0 Å². The van der Waals surface area contributed by atoms with Crippen molar-refractivity contribution in [1.82, 2.24) is 0 Å². The number of rotatable bonds is 2. The molecule has 1 N–H and O–H groups in total. The Morgan fingerprint density at radius 1 is 1.57 bits per heavy atom. The van der Waals surface area contributed by atoms with Crippen molar-refractivity contribution in [1.29, 1.82) is 0 Å². The molecule has 0 spiro atoms. The van der Waals surface area contributed by atoms with Crippen molar-refractivity contribution in [2.45, 2.75) is 6.42 Å². The molecule has 0 saturated heterocycles. The van der Waals surface area contributed by atoms with Gasteiger partial charge in [0.15, 0.2) is 0 Å². The predicted molar refractivity (Wildman–Crippen MR) is 61.7 cm³/mol. The second-order valence-corrected chi connectivity index (χ2v) is 4.53. The SMILES string of the molecule is COCC1CNc2c(Br)cccc2C1. The van der Waals surface area contributed by atoms with E-state index in [1.807, 2.05) is 0 Å². The summed E-state index contributed by atoms with van der Waals surface area (Å²) in [7, 11) is 1.76. The molecular weight excluding hydrogens is 242 g/mol. The molecule has 1 unspecified atom stereocenters. The molecule has 1 aromatic rings. The average Bonchev–Trinajstić information content (AvgIpc) is 2.18. The van der Waals surface area contributed by atoms with Crippen molar-refractivity contribution in [3.8, 4) is 0 Å². The van der Waals surface area contributed by atoms with Crippen LogP contribution in [0.15, 0.2) is 22.7 Å². The number of nitrogens with one attached hydrogen (secondary N) is 1. The minimum absolute atomic E-state index is 0.599. The number of para-hydroxylation sites is 1. The molecule has 0 fully saturated rings. The monoisotopic (exact) mass is 255 g/mol. The largest absolute Gasteiger partial charge is 0.384 e. The lowest BCUT2D eigenvalue weighted by Crippen LogP contribution is -2.26. The maximum Gasteiger partial charge on any atom is 0.0517 e. The predicted octanol–water partition coefficient (Wildman–Crippen LogP) is 2.68. The Morgan fingerprint density at radius 3 is 3.21 bits per heavy atom. The quantitative estimate of drug-likeness (QED) is 0.878. The lowest BCUT2D eigenvalue weighted by Gasteiger charge is -2.26. The Balaban J connectivity index is 2.18. The molecule has 76 valence electrons. The van der Waals surface area contributed by atoms with Crippen molar-refractivity contribution in [2.24, 2.45) is 5.92 Å². The topological polar surface area (TPSA) is 21.3 Å². The smallest absolute Gasteiger partial charge is 0.0517 e. The van der Waals surface area contributed by atoms with Crippen LogP contribution in [0.2, 0.25) is 0 Å². The highest BCUT2D eigenvalue weighted by Crippen LogP contribution is 2.31. The molecule has 0 aliphatic carbocycles. The number of fused-ring (bicyclic) bond motifs is 1. The number of hydrogen-bond donors (Lipinski definition) is 1. The first kappa shape index (κ1) is 9.99. The summed E-state index contributed by atoms with van der Waals surface area (Å²) < 4.78 is 6.33. The summed E-state index contributed by atoms with van der Waals surface area (Å²) in [5.74, 6) is 0.599. The van der Waals surface area contributed by atoms with E-state index < -0.39 is 0 Å². The highest BCUT2D eigenvalue weighted by atomic mass is 79.9. The van der Waals surface area contributed by atoms with Crippen LogP contribution in [-0.4, -0.2) is 20.3 Å². The third kappa shape index (κ3) is 1.93. The Bertz CT molecular complexity index is 327. The Kier molecular flexibility index (Phi) is 3.08. The number of halogens is 1. The van der Waals surface area contributed by atoms with Gasteiger partial charge in [-0.1, -0.05) is 12.1 Å². The van der Waals surface area contributed by atoms with Gasteiger partial charge in [0, 0.05) is 24.0 Å². The fraction of sp³-hybridized carbons (Fsp3) is 0.455. The standard InChI is InChI=1S/C11H14BrNO/c1-14-7-8-5-9-3-2-4-10(12)11(9)13-6-8/h2-4,8,13H,5-7H2,1H3. The second kappa shape index (κ2) is 4.32. The van der Waals surface area contributed by atoms with Crippen molar-refractivity contribution < 1.29 is 4.74 Å². The second-order valence-electron chi connectivity index (χ2n) is 3.68. The zero-order valence-corrected chi connectivity index (χ0v) is 9.80. The minimum atomic E-state index is 0.599. The molecule has 2 rings (SSSR count). The maximum atomic E-state index is 5.17. The van der Waals surface area contributed by atoms with Gasteiger partial charge < -0.3 is 10.1 Å². The molecule has 0 bridgehead atoms. The lowest BCUT2D eigenvalue weighted by atomic mass is 9.95. The fourth-order valence-electron chi connectivity index (χ4n) is 1.92. The van der Waals surface area contributed by atoms with Crippen LogP contribution in [0.3, 0.4) is 0 Å². The van der Waals surface area contributed by atoms with Crippen LogP contribution >= 0.6 is 15.9 Å². The number of ether oxygens (including phenoxy) is 1. The van der Waals surface area contributed by atoms with Crippen molar-refractivity contribution in [2.75, 3.05) is 25.6 Å². The van der Waals surface area contributed by atoms with E-state index in [-0.39, 0.29) is 0 Å². The fourth-order valence-corrected chi connectivity index (χ4v) is 2.47. The molecule has 0 radical (unpaired) electrons. The van der Waals surface area contributed by atoms with E-state index in [0.717, 1.165) is 24.0 Å².